The van der Waals surface area contributed by atoms with E-state index in [1.807, 2.05) is 0 Å². The number of esters is 1. The first kappa shape index (κ1) is 21.0. The van der Waals surface area contributed by atoms with Crippen LogP contribution < -0.4 is 10.2 Å². The van der Waals surface area contributed by atoms with Gasteiger partial charge in [-0.2, -0.15) is 14.6 Å². The van der Waals surface area contributed by atoms with E-state index in [0.717, 1.165) is 6.07 Å². The molecule has 9 nitrogen and oxygen atoms in total. The molecule has 29 heavy (non-hydrogen) atoms. The molecule has 0 bridgehead atoms. The molecule has 0 radical (unpaired) electrons. The number of hydrogen-bond acceptors (Lipinski definition) is 8. The van der Waals surface area contributed by atoms with Crippen LogP contribution in [0.2, 0.25) is 0 Å². The van der Waals surface area contributed by atoms with E-state index in [1.54, 1.807) is 18.9 Å². The van der Waals surface area contributed by atoms with Crippen LogP contribution in [0.3, 0.4) is 0 Å². The van der Waals surface area contributed by atoms with Gasteiger partial charge >= 0.3 is 5.97 Å². The maximum absolute atomic E-state index is 13.8. The zero-order chi connectivity index (χ0) is 21.0. The van der Waals surface area contributed by atoms with Gasteiger partial charge in [0.15, 0.2) is 0 Å². The summed E-state index contributed by atoms with van der Waals surface area (Å²) in [5, 5.41) is 11.3. The molecule has 10 heteroatoms. The topological polar surface area (TPSA) is 109 Å². The lowest BCUT2D eigenvalue weighted by Crippen LogP contribution is -2.50. The third-order valence-corrected chi connectivity index (χ3v) is 5.08. The lowest BCUT2D eigenvalue weighted by molar-refractivity contribution is -0.150. The first-order valence-corrected chi connectivity index (χ1v) is 9.40. The normalized spacial score (nSPS) is 28.6. The molecule has 3 rings (SSSR count). The summed E-state index contributed by atoms with van der Waals surface area (Å²) in [6.07, 6.45) is 0.606. The number of halogens is 1. The van der Waals surface area contributed by atoms with Crippen molar-refractivity contribution < 1.29 is 23.4 Å². The minimum atomic E-state index is -1.12. The Morgan fingerprint density at radius 2 is 2.38 bits per heavy atom. The molecule has 156 valence electrons. The van der Waals surface area contributed by atoms with Crippen LogP contribution in [-0.4, -0.2) is 61.3 Å². The number of nitrogens with zero attached hydrogens (tertiary/aromatic N) is 4. The Labute approximate surface area is 168 Å². The number of aliphatic imine (C=N–C) groups is 1. The van der Waals surface area contributed by atoms with E-state index in [-0.39, 0.29) is 36.7 Å². The third kappa shape index (κ3) is 4.31. The van der Waals surface area contributed by atoms with E-state index in [2.05, 4.69) is 21.5 Å². The van der Waals surface area contributed by atoms with Crippen molar-refractivity contribution >= 4 is 17.5 Å². The maximum atomic E-state index is 13.8. The Kier molecular flexibility index (Phi) is 6.30. The lowest BCUT2D eigenvalue weighted by atomic mass is 9.89. The summed E-state index contributed by atoms with van der Waals surface area (Å²) in [6, 6.07) is 4.67. The number of carbonyl (C=O) groups excluding carboxylic acids is 1. The van der Waals surface area contributed by atoms with Crippen LogP contribution in [-0.2, 0) is 14.3 Å². The van der Waals surface area contributed by atoms with Crippen molar-refractivity contribution in [3.63, 3.8) is 0 Å². The second-order valence-corrected chi connectivity index (χ2v) is 7.11. The largest absolute Gasteiger partial charge is 0.481 e. The van der Waals surface area contributed by atoms with Crippen LogP contribution >= 0.6 is 0 Å². The highest BCUT2D eigenvalue weighted by atomic mass is 19.1. The number of nitrogens with one attached hydrogen (secondary N) is 1. The van der Waals surface area contributed by atoms with Gasteiger partial charge in [0.25, 0.3) is 0 Å². The predicted octanol–water partition coefficient (Wildman–Crippen LogP) is 1.58. The van der Waals surface area contributed by atoms with E-state index in [1.165, 1.54) is 13.2 Å². The van der Waals surface area contributed by atoms with Crippen molar-refractivity contribution in [2.24, 2.45) is 16.3 Å². The zero-order valence-corrected chi connectivity index (χ0v) is 16.6. The molecule has 0 saturated carbocycles. The molecule has 0 amide bonds. The van der Waals surface area contributed by atoms with Gasteiger partial charge in [0.1, 0.15) is 11.3 Å². The molecule has 0 aromatic carbocycles. The average molecular weight is 405 g/mol. The zero-order valence-electron chi connectivity index (χ0n) is 16.6. The molecule has 0 spiro atoms. The van der Waals surface area contributed by atoms with Crippen molar-refractivity contribution in [3.8, 4) is 11.9 Å². The van der Waals surface area contributed by atoms with Gasteiger partial charge in [-0.3, -0.25) is 4.79 Å². The highest BCUT2D eigenvalue weighted by molar-refractivity contribution is 6.07. The Hall–Kier alpha value is -2.77. The summed E-state index contributed by atoms with van der Waals surface area (Å²) in [4.78, 5) is 20.8. The molecule has 2 aliphatic heterocycles. The summed E-state index contributed by atoms with van der Waals surface area (Å²) >= 11 is 0. The van der Waals surface area contributed by atoms with Crippen molar-refractivity contribution in [3.05, 3.63) is 18.1 Å². The van der Waals surface area contributed by atoms with Crippen molar-refractivity contribution in [2.45, 2.75) is 26.3 Å². The molecule has 1 aromatic rings. The fraction of sp³-hybridized carbons (Fsp3) is 0.579. The molecule has 1 N–H and O–H groups in total. The van der Waals surface area contributed by atoms with Crippen LogP contribution in [0.25, 0.3) is 0 Å². The fourth-order valence-electron chi connectivity index (χ4n) is 3.45. The summed E-state index contributed by atoms with van der Waals surface area (Å²) in [5.41, 5.74) is 2.25. The minimum Gasteiger partial charge on any atom is -0.481 e. The second-order valence-electron chi connectivity index (χ2n) is 7.11. The van der Waals surface area contributed by atoms with Gasteiger partial charge in [-0.25, -0.2) is 10.0 Å². The van der Waals surface area contributed by atoms with Crippen molar-refractivity contribution in [1.82, 2.24) is 15.4 Å². The first-order valence-electron chi connectivity index (χ1n) is 9.40. The Morgan fingerprint density at radius 1 is 1.59 bits per heavy atom. The number of amidine groups is 1. The Bertz CT molecular complexity index is 842. The van der Waals surface area contributed by atoms with E-state index < -0.39 is 17.3 Å². The fourth-order valence-corrected chi connectivity index (χ4v) is 3.45. The van der Waals surface area contributed by atoms with Crippen LogP contribution in [0.4, 0.5) is 10.1 Å². The summed E-state index contributed by atoms with van der Waals surface area (Å²) < 4.78 is 29.6. The van der Waals surface area contributed by atoms with Gasteiger partial charge in [-0.1, -0.05) is 0 Å². The molecule has 2 saturated heterocycles. The SMILES string of the molecule is CCOC(=O)C1(C)CN([C@H]2COCC[C@@H]2C#N)NC1=Nc1cc(F)nc(OC)c1. The van der Waals surface area contributed by atoms with Crippen LogP contribution in [0.1, 0.15) is 20.3 Å². The quantitative estimate of drug-likeness (QED) is 0.581. The van der Waals surface area contributed by atoms with E-state index in [4.69, 9.17) is 14.2 Å². The molecule has 2 aliphatic rings. The third-order valence-electron chi connectivity index (χ3n) is 5.08. The smallest absolute Gasteiger partial charge is 0.320 e. The van der Waals surface area contributed by atoms with Gasteiger partial charge in [-0.15, -0.1) is 0 Å². The molecule has 2 fully saturated rings. The number of methoxy groups -OCH3 is 1. The van der Waals surface area contributed by atoms with Gasteiger partial charge in [-0.05, 0) is 20.3 Å². The number of nitriles is 1. The highest BCUT2D eigenvalue weighted by Crippen LogP contribution is 2.33. The van der Waals surface area contributed by atoms with Gasteiger partial charge in [0, 0.05) is 25.3 Å². The number of hydrogen-bond donors (Lipinski definition) is 1. The number of ether oxygens (including phenoxy) is 3. The average Bonchev–Trinajstić information content (AvgIpc) is 3.05. The molecule has 0 aliphatic carbocycles. The standard InChI is InChI=1S/C19H24FN5O4/c1-4-29-18(26)19(2)11-25(14-10-28-6-5-12(14)9-21)24-17(19)22-13-7-15(20)23-16(8-13)27-3/h7-8,12,14H,4-6,10-11H2,1-3H3,(H,22,23,24)/t12-,14+,19?/m1/s1. The van der Waals surface area contributed by atoms with Crippen LogP contribution in [0.5, 0.6) is 5.88 Å². The molecule has 3 atom stereocenters. The second kappa shape index (κ2) is 8.71. The lowest BCUT2D eigenvalue weighted by Gasteiger charge is -2.34. The number of pyridine rings is 1. The Morgan fingerprint density at radius 3 is 3.07 bits per heavy atom. The predicted molar refractivity (Wildman–Crippen MR) is 101 cm³/mol. The molecule has 1 unspecified atom stereocenters. The molecular formula is C19H24FN5O4. The van der Waals surface area contributed by atoms with Gasteiger partial charge in [0.2, 0.25) is 11.8 Å². The maximum Gasteiger partial charge on any atom is 0.320 e. The summed E-state index contributed by atoms with van der Waals surface area (Å²) in [5.74, 6) is -1.09. The summed E-state index contributed by atoms with van der Waals surface area (Å²) in [7, 11) is 1.38. The number of rotatable bonds is 5. The van der Waals surface area contributed by atoms with E-state index >= 15 is 0 Å². The van der Waals surface area contributed by atoms with E-state index in [0.29, 0.717) is 25.5 Å². The van der Waals surface area contributed by atoms with E-state index in [9.17, 15) is 14.4 Å². The number of carbonyl (C=O) groups is 1. The van der Waals surface area contributed by atoms with Crippen LogP contribution in [0, 0.1) is 28.6 Å². The van der Waals surface area contributed by atoms with Crippen molar-refractivity contribution in [2.75, 3.05) is 33.5 Å². The molecule has 3 heterocycles. The monoisotopic (exact) mass is 405 g/mol. The van der Waals surface area contributed by atoms with Gasteiger partial charge < -0.3 is 19.6 Å². The molecular weight excluding hydrogens is 381 g/mol. The number of aromatic nitrogens is 1. The minimum absolute atomic E-state index is 0.0715. The first-order chi connectivity index (χ1) is 13.9. The number of hydrazine groups is 1. The summed E-state index contributed by atoms with van der Waals surface area (Å²) in [6.45, 7) is 4.76. The molecule has 1 aromatic heterocycles. The Balaban J connectivity index is 1.97. The highest BCUT2D eigenvalue weighted by Gasteiger charge is 2.51. The van der Waals surface area contributed by atoms with Crippen LogP contribution in [0.15, 0.2) is 17.1 Å². The van der Waals surface area contributed by atoms with Gasteiger partial charge in [0.05, 0.1) is 44.0 Å². The van der Waals surface area contributed by atoms with Crippen molar-refractivity contribution in [1.29, 1.82) is 5.26 Å².